The summed E-state index contributed by atoms with van der Waals surface area (Å²) in [5.74, 6) is -0.406. The van der Waals surface area contributed by atoms with Crippen LogP contribution in [0.1, 0.15) is 37.3 Å². The molecular formula is C35H38ClN11O5. The van der Waals surface area contributed by atoms with Gasteiger partial charge in [0.2, 0.25) is 17.8 Å². The van der Waals surface area contributed by atoms with E-state index in [0.29, 0.717) is 45.6 Å². The third kappa shape index (κ3) is 6.68. The largest absolute Gasteiger partial charge is 0.478 e. The van der Waals surface area contributed by atoms with E-state index in [0.717, 1.165) is 42.5 Å². The molecule has 1 atom stereocenters. The number of halogens is 1. The molecule has 2 fully saturated rings. The van der Waals surface area contributed by atoms with Crippen LogP contribution in [0.15, 0.2) is 47.5 Å². The second kappa shape index (κ2) is 14.1. The highest BCUT2D eigenvalue weighted by Gasteiger charge is 2.33. The number of fused-ring (bicyclic) bond motifs is 2. The van der Waals surface area contributed by atoms with Gasteiger partial charge in [-0.15, -0.1) is 0 Å². The molecule has 7 rings (SSSR count). The Balaban J connectivity index is 1.03. The van der Waals surface area contributed by atoms with Gasteiger partial charge in [-0.3, -0.25) is 34.2 Å². The standard InChI is InChI=1S/C35H38ClN11O5/c1-37-29(49)18-52-27-14-19-13-20(5-7-25(19)45(3)34(27)51)40-32-24(36)17-39-35(42-32)44(2)21-9-11-47(12-10-21)22-15-26-31(38-16-22)30(43-46(26)4)23-6-8-28(48)41-33(23)50/h5,7,13-17,21,23H,6,8-12,18H2,1-4H3,(H,37,49)(H,39,40,42)(H,41,48,50). The molecule has 3 N–H and O–H groups in total. The number of nitrogens with one attached hydrogen (secondary N) is 3. The van der Waals surface area contributed by atoms with E-state index in [2.05, 4.69) is 41.9 Å². The molecule has 1 unspecified atom stereocenters. The number of pyridine rings is 2. The van der Waals surface area contributed by atoms with E-state index >= 15 is 0 Å². The maximum Gasteiger partial charge on any atom is 0.293 e. The summed E-state index contributed by atoms with van der Waals surface area (Å²) < 4.78 is 8.71. The zero-order valence-corrected chi connectivity index (χ0v) is 29.9. The number of piperidine rings is 2. The van der Waals surface area contributed by atoms with Gasteiger partial charge in [0, 0.05) is 64.8 Å². The lowest BCUT2D eigenvalue weighted by molar-refractivity contribution is -0.134. The minimum absolute atomic E-state index is 0.0680. The molecule has 3 amide bonds. The van der Waals surface area contributed by atoms with Crippen LogP contribution in [-0.2, 0) is 28.5 Å². The van der Waals surface area contributed by atoms with Gasteiger partial charge in [0.15, 0.2) is 18.2 Å². The number of rotatable bonds is 9. The Morgan fingerprint density at radius 1 is 1.06 bits per heavy atom. The summed E-state index contributed by atoms with van der Waals surface area (Å²) in [6, 6.07) is 9.34. The lowest BCUT2D eigenvalue weighted by Crippen LogP contribution is -2.44. The molecule has 270 valence electrons. The molecule has 2 aliphatic heterocycles. The number of imide groups is 1. The fourth-order valence-corrected chi connectivity index (χ4v) is 6.93. The Bertz CT molecular complexity index is 2280. The van der Waals surface area contributed by atoms with Crippen molar-refractivity contribution in [2.45, 2.75) is 37.6 Å². The molecule has 2 saturated heterocycles. The number of carbonyl (C=O) groups excluding carboxylic acids is 3. The highest BCUT2D eigenvalue weighted by Crippen LogP contribution is 2.33. The normalized spacial score (nSPS) is 16.6. The Hall–Kier alpha value is -5.77. The Kier molecular flexibility index (Phi) is 9.40. The number of likely N-dealkylation sites (N-methyl/N-ethyl adjacent to an activating group) is 1. The van der Waals surface area contributed by atoms with Gasteiger partial charge in [0.25, 0.3) is 11.5 Å². The molecule has 0 radical (unpaired) electrons. The second-order valence-electron chi connectivity index (χ2n) is 13.0. The second-order valence-corrected chi connectivity index (χ2v) is 13.4. The zero-order chi connectivity index (χ0) is 36.7. The van der Waals surface area contributed by atoms with Crippen LogP contribution >= 0.6 is 11.6 Å². The van der Waals surface area contributed by atoms with Crippen LogP contribution in [0.4, 0.5) is 23.1 Å². The molecule has 52 heavy (non-hydrogen) atoms. The molecule has 17 heteroatoms. The van der Waals surface area contributed by atoms with Gasteiger partial charge in [-0.1, -0.05) is 11.6 Å². The van der Waals surface area contributed by atoms with E-state index in [1.54, 1.807) is 24.0 Å². The van der Waals surface area contributed by atoms with Gasteiger partial charge in [0.1, 0.15) is 16.2 Å². The van der Waals surface area contributed by atoms with Crippen molar-refractivity contribution in [2.24, 2.45) is 14.1 Å². The fraction of sp³-hybridized carbons (Fsp3) is 0.371. The van der Waals surface area contributed by atoms with E-state index in [-0.39, 0.29) is 48.1 Å². The van der Waals surface area contributed by atoms with Crippen LogP contribution in [0.5, 0.6) is 5.75 Å². The van der Waals surface area contributed by atoms with Gasteiger partial charge in [-0.05, 0) is 49.6 Å². The van der Waals surface area contributed by atoms with Crippen molar-refractivity contribution in [3.8, 4) is 5.75 Å². The van der Waals surface area contributed by atoms with Gasteiger partial charge in [0.05, 0.1) is 35.0 Å². The van der Waals surface area contributed by atoms with Crippen LogP contribution < -0.4 is 36.0 Å². The number of hydrogen-bond donors (Lipinski definition) is 3. The first kappa shape index (κ1) is 34.7. The maximum atomic E-state index is 12.8. The first-order valence-corrected chi connectivity index (χ1v) is 17.3. The van der Waals surface area contributed by atoms with Crippen molar-refractivity contribution in [3.63, 3.8) is 0 Å². The van der Waals surface area contributed by atoms with Crippen LogP contribution in [0, 0.1) is 0 Å². The van der Waals surface area contributed by atoms with E-state index in [9.17, 15) is 19.2 Å². The number of aromatic nitrogens is 6. The molecule has 0 saturated carbocycles. The highest BCUT2D eigenvalue weighted by molar-refractivity contribution is 6.33. The lowest BCUT2D eigenvalue weighted by Gasteiger charge is -2.37. The van der Waals surface area contributed by atoms with Crippen LogP contribution in [-0.4, -0.2) is 86.9 Å². The smallest absolute Gasteiger partial charge is 0.293 e. The summed E-state index contributed by atoms with van der Waals surface area (Å²) in [5.41, 5.74) is 4.10. The van der Waals surface area contributed by atoms with Crippen molar-refractivity contribution >= 4 is 74.4 Å². The molecule has 0 aliphatic carbocycles. The number of anilines is 4. The average Bonchev–Trinajstić information content (AvgIpc) is 3.47. The highest BCUT2D eigenvalue weighted by atomic mass is 35.5. The van der Waals surface area contributed by atoms with Gasteiger partial charge in [-0.25, -0.2) is 4.98 Å². The lowest BCUT2D eigenvalue weighted by atomic mass is 9.94. The monoisotopic (exact) mass is 727 g/mol. The Morgan fingerprint density at radius 3 is 2.60 bits per heavy atom. The first-order valence-electron chi connectivity index (χ1n) is 16.9. The predicted octanol–water partition coefficient (Wildman–Crippen LogP) is 2.76. The summed E-state index contributed by atoms with van der Waals surface area (Å²) in [6.07, 6.45) is 5.80. The summed E-state index contributed by atoms with van der Waals surface area (Å²) in [4.78, 5) is 67.0. The molecule has 0 spiro atoms. The maximum absolute atomic E-state index is 12.8. The third-order valence-corrected chi connectivity index (χ3v) is 10.1. The number of aryl methyl sites for hydroxylation is 2. The molecule has 6 heterocycles. The summed E-state index contributed by atoms with van der Waals surface area (Å²) in [7, 11) is 6.96. The van der Waals surface area contributed by atoms with Gasteiger partial charge >= 0.3 is 0 Å². The third-order valence-electron chi connectivity index (χ3n) is 9.79. The number of carbonyl (C=O) groups is 3. The molecule has 16 nitrogen and oxygen atoms in total. The summed E-state index contributed by atoms with van der Waals surface area (Å²) in [6.45, 7) is 1.30. The van der Waals surface area contributed by atoms with Crippen LogP contribution in [0.25, 0.3) is 21.9 Å². The quantitative estimate of drug-likeness (QED) is 0.189. The summed E-state index contributed by atoms with van der Waals surface area (Å²) >= 11 is 6.55. The first-order chi connectivity index (χ1) is 25.0. The number of ether oxygens (including phenoxy) is 1. The molecule has 5 aromatic rings. The van der Waals surface area contributed by atoms with Gasteiger partial charge in [-0.2, -0.15) is 10.1 Å². The molecule has 1 aromatic carbocycles. The van der Waals surface area contributed by atoms with Crippen molar-refractivity contribution in [3.05, 3.63) is 63.8 Å². The number of nitrogens with zero attached hydrogens (tertiary/aromatic N) is 8. The van der Waals surface area contributed by atoms with E-state index in [1.807, 2.05) is 38.5 Å². The van der Waals surface area contributed by atoms with Crippen LogP contribution in [0.3, 0.4) is 0 Å². The average molecular weight is 728 g/mol. The predicted molar refractivity (Wildman–Crippen MR) is 196 cm³/mol. The van der Waals surface area contributed by atoms with E-state index < -0.39 is 5.92 Å². The topological polar surface area (TPSA) is 182 Å². The minimum Gasteiger partial charge on any atom is -0.478 e. The Labute approximate surface area is 303 Å². The number of hydrogen-bond acceptors (Lipinski definition) is 12. The molecule has 4 aromatic heterocycles. The fourth-order valence-electron chi connectivity index (χ4n) is 6.79. The summed E-state index contributed by atoms with van der Waals surface area (Å²) in [5, 5.41) is 13.9. The molecule has 2 aliphatic rings. The van der Waals surface area contributed by atoms with Crippen LogP contribution in [0.2, 0.25) is 5.02 Å². The zero-order valence-electron chi connectivity index (χ0n) is 29.1. The number of benzene rings is 1. The Morgan fingerprint density at radius 2 is 1.85 bits per heavy atom. The van der Waals surface area contributed by atoms with E-state index in [4.69, 9.17) is 26.3 Å². The van der Waals surface area contributed by atoms with Crippen molar-refractivity contribution < 1.29 is 19.1 Å². The number of amides is 3. The van der Waals surface area contributed by atoms with Crippen molar-refractivity contribution in [1.29, 1.82) is 0 Å². The molecule has 0 bridgehead atoms. The van der Waals surface area contributed by atoms with E-state index in [1.165, 1.54) is 11.6 Å². The van der Waals surface area contributed by atoms with Crippen molar-refractivity contribution in [2.75, 3.05) is 48.9 Å². The minimum atomic E-state index is -0.503. The SMILES string of the molecule is CNC(=O)COc1cc2cc(Nc3nc(N(C)C4CCN(c5cnc6c(C7CCC(=O)NC7=O)nn(C)c6c5)CC4)ncc3Cl)ccc2n(C)c1=O. The van der Waals surface area contributed by atoms with Gasteiger partial charge < -0.3 is 29.7 Å². The molecular weight excluding hydrogens is 690 g/mol. The van der Waals surface area contributed by atoms with Crippen molar-refractivity contribution in [1.82, 2.24) is 39.9 Å².